The molecule has 1 fully saturated rings. The smallest absolute Gasteiger partial charge is 0.225 e. The van der Waals surface area contributed by atoms with Crippen molar-refractivity contribution in [1.82, 2.24) is 15.3 Å². The van der Waals surface area contributed by atoms with E-state index in [2.05, 4.69) is 34.0 Å². The Kier molecular flexibility index (Phi) is 5.70. The molecule has 1 saturated heterocycles. The first-order valence-corrected chi connectivity index (χ1v) is 7.10. The van der Waals surface area contributed by atoms with Crippen molar-refractivity contribution < 1.29 is 9.47 Å². The van der Waals surface area contributed by atoms with Crippen LogP contribution in [-0.2, 0) is 16.0 Å². The second-order valence-electron chi connectivity index (χ2n) is 5.22. The minimum Gasteiger partial charge on any atom is -0.383 e. The molecular formula is C14H24N4O2. The molecule has 6 nitrogen and oxygen atoms in total. The molecule has 1 aromatic heterocycles. The summed E-state index contributed by atoms with van der Waals surface area (Å²) in [4.78, 5) is 11.1. The number of hydrogen-bond acceptors (Lipinski definition) is 6. The number of methoxy groups -OCH3 is 1. The van der Waals surface area contributed by atoms with Gasteiger partial charge in [-0.2, -0.15) is 0 Å². The van der Waals surface area contributed by atoms with Crippen molar-refractivity contribution in [2.45, 2.75) is 32.6 Å². The zero-order chi connectivity index (χ0) is 14.4. The number of nitrogens with one attached hydrogen (secondary N) is 1. The molecule has 112 valence electrons. The van der Waals surface area contributed by atoms with Gasteiger partial charge in [-0.15, -0.1) is 0 Å². The maximum atomic E-state index is 5.72. The van der Waals surface area contributed by atoms with Gasteiger partial charge in [0.15, 0.2) is 0 Å². The van der Waals surface area contributed by atoms with Gasteiger partial charge in [0.2, 0.25) is 5.95 Å². The van der Waals surface area contributed by atoms with Crippen LogP contribution in [0.2, 0.25) is 0 Å². The lowest BCUT2D eigenvalue weighted by atomic mass is 10.2. The fourth-order valence-electron chi connectivity index (χ4n) is 2.35. The third kappa shape index (κ3) is 4.40. The normalized spacial score (nSPS) is 23.1. The molecule has 1 aromatic rings. The molecule has 0 saturated carbocycles. The number of anilines is 1. The number of nitrogens with zero attached hydrogens (tertiary/aromatic N) is 3. The highest BCUT2D eigenvalue weighted by Gasteiger charge is 2.23. The van der Waals surface area contributed by atoms with Crippen LogP contribution in [0.4, 0.5) is 5.95 Å². The van der Waals surface area contributed by atoms with Crippen LogP contribution in [0.3, 0.4) is 0 Å². The van der Waals surface area contributed by atoms with Gasteiger partial charge in [-0.3, -0.25) is 0 Å². The van der Waals surface area contributed by atoms with Crippen LogP contribution >= 0.6 is 0 Å². The van der Waals surface area contributed by atoms with Crippen molar-refractivity contribution in [3.05, 3.63) is 18.0 Å². The molecule has 20 heavy (non-hydrogen) atoms. The minimum absolute atomic E-state index is 0.220. The van der Waals surface area contributed by atoms with Crippen molar-refractivity contribution in [3.8, 4) is 0 Å². The Labute approximate surface area is 120 Å². The molecule has 1 aliphatic rings. The van der Waals surface area contributed by atoms with Crippen LogP contribution in [-0.4, -0.2) is 55.5 Å². The lowest BCUT2D eigenvalue weighted by molar-refractivity contribution is -0.00572. The third-order valence-electron chi connectivity index (χ3n) is 3.21. The van der Waals surface area contributed by atoms with Crippen molar-refractivity contribution >= 4 is 5.95 Å². The average molecular weight is 280 g/mol. The molecule has 0 aromatic carbocycles. The maximum Gasteiger partial charge on any atom is 0.225 e. The molecule has 0 radical (unpaired) electrons. The van der Waals surface area contributed by atoms with Crippen LogP contribution in [0.25, 0.3) is 0 Å². The Morgan fingerprint density at radius 3 is 2.55 bits per heavy atom. The summed E-state index contributed by atoms with van der Waals surface area (Å²) in [6, 6.07) is 0. The third-order valence-corrected chi connectivity index (χ3v) is 3.21. The number of morpholine rings is 1. The number of rotatable bonds is 6. The quantitative estimate of drug-likeness (QED) is 0.779. The summed E-state index contributed by atoms with van der Waals surface area (Å²) in [5, 5.41) is 3.28. The molecule has 2 rings (SSSR count). The molecule has 0 bridgehead atoms. The highest BCUT2D eigenvalue weighted by atomic mass is 16.5. The van der Waals surface area contributed by atoms with Crippen LogP contribution < -0.4 is 10.2 Å². The lowest BCUT2D eigenvalue weighted by Gasteiger charge is -2.35. The largest absolute Gasteiger partial charge is 0.383 e. The summed E-state index contributed by atoms with van der Waals surface area (Å²) >= 11 is 0. The first kappa shape index (κ1) is 15.2. The fourth-order valence-corrected chi connectivity index (χ4v) is 2.35. The van der Waals surface area contributed by atoms with Gasteiger partial charge in [0.05, 0.1) is 18.8 Å². The monoisotopic (exact) mass is 280 g/mol. The second kappa shape index (κ2) is 7.52. The van der Waals surface area contributed by atoms with E-state index >= 15 is 0 Å². The minimum atomic E-state index is 0.220. The van der Waals surface area contributed by atoms with Crippen LogP contribution in [0.5, 0.6) is 0 Å². The Hall–Kier alpha value is -1.24. The Bertz CT molecular complexity index is 389. The molecule has 0 unspecified atom stereocenters. The van der Waals surface area contributed by atoms with Crippen molar-refractivity contribution in [3.63, 3.8) is 0 Å². The summed E-state index contributed by atoms with van der Waals surface area (Å²) in [5.41, 5.74) is 1.08. The van der Waals surface area contributed by atoms with Gasteiger partial charge in [-0.1, -0.05) is 0 Å². The predicted octanol–water partition coefficient (Wildman–Crippen LogP) is 0.826. The molecule has 0 spiro atoms. The molecule has 2 atom stereocenters. The highest BCUT2D eigenvalue weighted by Crippen LogP contribution is 2.16. The van der Waals surface area contributed by atoms with Crippen LogP contribution in [0.15, 0.2) is 12.4 Å². The van der Waals surface area contributed by atoms with E-state index in [1.165, 1.54) is 0 Å². The Morgan fingerprint density at radius 2 is 1.95 bits per heavy atom. The molecular weight excluding hydrogens is 256 g/mol. The predicted molar refractivity (Wildman–Crippen MR) is 77.8 cm³/mol. The molecule has 0 aliphatic carbocycles. The van der Waals surface area contributed by atoms with E-state index in [1.807, 2.05) is 12.4 Å². The van der Waals surface area contributed by atoms with E-state index in [0.717, 1.165) is 37.7 Å². The standard InChI is InChI=1S/C14H24N4O2/c1-11-9-18(10-12(2)20-11)14-16-7-13(8-17-14)6-15-4-5-19-3/h7-8,11-12,15H,4-6,9-10H2,1-3H3/t11-,12+. The van der Waals surface area contributed by atoms with E-state index < -0.39 is 0 Å². The van der Waals surface area contributed by atoms with Gasteiger partial charge in [0, 0.05) is 51.2 Å². The summed E-state index contributed by atoms with van der Waals surface area (Å²) in [5.74, 6) is 0.785. The summed E-state index contributed by atoms with van der Waals surface area (Å²) < 4.78 is 10.7. The lowest BCUT2D eigenvalue weighted by Crippen LogP contribution is -2.46. The first-order valence-electron chi connectivity index (χ1n) is 7.10. The topological polar surface area (TPSA) is 59.5 Å². The van der Waals surface area contributed by atoms with E-state index in [4.69, 9.17) is 9.47 Å². The fraction of sp³-hybridized carbons (Fsp3) is 0.714. The van der Waals surface area contributed by atoms with E-state index in [1.54, 1.807) is 7.11 Å². The first-order chi connectivity index (χ1) is 9.69. The second-order valence-corrected chi connectivity index (χ2v) is 5.22. The molecule has 2 heterocycles. The summed E-state index contributed by atoms with van der Waals surface area (Å²) in [6.45, 7) is 8.15. The van der Waals surface area contributed by atoms with E-state index in [9.17, 15) is 0 Å². The SMILES string of the molecule is COCCNCc1cnc(N2C[C@@H](C)O[C@@H](C)C2)nc1. The van der Waals surface area contributed by atoms with Crippen molar-refractivity contribution in [2.24, 2.45) is 0 Å². The van der Waals surface area contributed by atoms with Gasteiger partial charge in [-0.05, 0) is 13.8 Å². The average Bonchev–Trinajstić information content (AvgIpc) is 2.43. The summed E-state index contributed by atoms with van der Waals surface area (Å²) in [7, 11) is 1.70. The number of aromatic nitrogens is 2. The van der Waals surface area contributed by atoms with E-state index in [0.29, 0.717) is 6.61 Å². The summed E-state index contributed by atoms with van der Waals surface area (Å²) in [6.07, 6.45) is 4.20. The van der Waals surface area contributed by atoms with Gasteiger partial charge in [0.25, 0.3) is 0 Å². The molecule has 1 aliphatic heterocycles. The van der Waals surface area contributed by atoms with Gasteiger partial charge < -0.3 is 19.7 Å². The maximum absolute atomic E-state index is 5.72. The molecule has 6 heteroatoms. The van der Waals surface area contributed by atoms with Crippen LogP contribution in [0.1, 0.15) is 19.4 Å². The Balaban J connectivity index is 1.87. The van der Waals surface area contributed by atoms with Gasteiger partial charge in [0.1, 0.15) is 0 Å². The highest BCUT2D eigenvalue weighted by molar-refractivity contribution is 5.31. The van der Waals surface area contributed by atoms with Crippen molar-refractivity contribution in [1.29, 1.82) is 0 Å². The van der Waals surface area contributed by atoms with E-state index in [-0.39, 0.29) is 12.2 Å². The Morgan fingerprint density at radius 1 is 1.30 bits per heavy atom. The van der Waals surface area contributed by atoms with Gasteiger partial charge in [-0.25, -0.2) is 9.97 Å². The number of hydrogen-bond donors (Lipinski definition) is 1. The molecule has 0 amide bonds. The number of ether oxygens (including phenoxy) is 2. The van der Waals surface area contributed by atoms with Gasteiger partial charge >= 0.3 is 0 Å². The zero-order valence-electron chi connectivity index (χ0n) is 12.5. The molecule has 1 N–H and O–H groups in total. The van der Waals surface area contributed by atoms with Crippen LogP contribution in [0, 0.1) is 0 Å². The van der Waals surface area contributed by atoms with Crippen molar-refractivity contribution in [2.75, 3.05) is 38.3 Å². The zero-order valence-corrected chi connectivity index (χ0v) is 12.5.